The van der Waals surface area contributed by atoms with Crippen LogP contribution < -0.4 is 15.9 Å². The second-order valence-corrected chi connectivity index (χ2v) is 9.72. The molecule has 1 atom stereocenters. The third-order valence-electron chi connectivity index (χ3n) is 7.56. The van der Waals surface area contributed by atoms with Gasteiger partial charge in [0.25, 0.3) is 0 Å². The van der Waals surface area contributed by atoms with Crippen LogP contribution in [-0.2, 0) is 23.1 Å². The first-order chi connectivity index (χ1) is 17.5. The maximum absolute atomic E-state index is 13.0. The van der Waals surface area contributed by atoms with E-state index in [0.29, 0.717) is 6.42 Å². The number of aromatic nitrogens is 4. The van der Waals surface area contributed by atoms with Crippen molar-refractivity contribution in [3.8, 4) is 0 Å². The Bertz CT molecular complexity index is 1520. The highest BCUT2D eigenvalue weighted by atomic mass is 16.2. The third-order valence-corrected chi connectivity index (χ3v) is 7.56. The molecule has 4 heterocycles. The molecule has 2 amide bonds. The Kier molecular flexibility index (Phi) is 5.60. The van der Waals surface area contributed by atoms with E-state index < -0.39 is 11.9 Å². The number of H-pyrrole nitrogens is 1. The van der Waals surface area contributed by atoms with Crippen molar-refractivity contribution in [3.05, 3.63) is 58.6 Å². The van der Waals surface area contributed by atoms with E-state index in [-0.39, 0.29) is 18.0 Å². The molecule has 2 aliphatic rings. The third kappa shape index (κ3) is 3.97. The molecule has 6 rings (SSSR count). The molecule has 2 aliphatic heterocycles. The van der Waals surface area contributed by atoms with Crippen LogP contribution in [0.2, 0.25) is 0 Å². The molecular weight excluding hydrogens is 458 g/mol. The molecule has 0 radical (unpaired) electrons. The van der Waals surface area contributed by atoms with E-state index in [0.717, 1.165) is 66.6 Å². The fourth-order valence-corrected chi connectivity index (χ4v) is 5.43. The van der Waals surface area contributed by atoms with Gasteiger partial charge in [-0.1, -0.05) is 6.07 Å². The fraction of sp³-hybridized carbons (Fsp3) is 0.385. The van der Waals surface area contributed by atoms with E-state index in [9.17, 15) is 14.4 Å². The lowest BCUT2D eigenvalue weighted by Gasteiger charge is -2.36. The Morgan fingerprint density at radius 2 is 1.83 bits per heavy atom. The Labute approximate surface area is 207 Å². The zero-order valence-corrected chi connectivity index (χ0v) is 20.2. The number of rotatable bonds is 5. The Morgan fingerprint density at radius 1 is 1.00 bits per heavy atom. The van der Waals surface area contributed by atoms with Gasteiger partial charge >= 0.3 is 5.69 Å². The minimum absolute atomic E-state index is 0.235. The summed E-state index contributed by atoms with van der Waals surface area (Å²) in [6.07, 6.45) is 3.30. The predicted molar refractivity (Wildman–Crippen MR) is 137 cm³/mol. The number of nitrogens with one attached hydrogen (secondary N) is 2. The van der Waals surface area contributed by atoms with Crippen LogP contribution >= 0.6 is 0 Å². The summed E-state index contributed by atoms with van der Waals surface area (Å²) in [6, 6.07) is 11.8. The number of hydrogen-bond acceptors (Lipinski definition) is 6. The molecule has 2 fully saturated rings. The quantitative estimate of drug-likeness (QED) is 0.414. The van der Waals surface area contributed by atoms with Crippen molar-refractivity contribution in [3.63, 3.8) is 0 Å². The standard InChI is InChI=1S/C26H29N7O3/c1-30-23-14-17(2-5-21(23)33(26(30)36)22-6-7-24(34)28-25(22)35)8-9-31-10-12-32(13-11-31)19-4-3-18-16-27-29-20(18)15-19/h2-5,14-16,22H,6-13H2,1H3,(H,27,29)(H,28,34,35). The van der Waals surface area contributed by atoms with Crippen molar-refractivity contribution < 1.29 is 9.59 Å². The van der Waals surface area contributed by atoms with E-state index in [2.05, 4.69) is 49.6 Å². The molecule has 0 aliphatic carbocycles. The van der Waals surface area contributed by atoms with Gasteiger partial charge < -0.3 is 4.90 Å². The van der Waals surface area contributed by atoms with Crippen molar-refractivity contribution >= 4 is 39.4 Å². The van der Waals surface area contributed by atoms with Gasteiger partial charge in [0.1, 0.15) is 6.04 Å². The van der Waals surface area contributed by atoms with Crippen LogP contribution in [0.5, 0.6) is 0 Å². The van der Waals surface area contributed by atoms with Gasteiger partial charge in [-0.2, -0.15) is 5.10 Å². The molecule has 0 bridgehead atoms. The monoisotopic (exact) mass is 487 g/mol. The van der Waals surface area contributed by atoms with E-state index in [1.54, 1.807) is 11.6 Å². The maximum atomic E-state index is 13.0. The number of imidazole rings is 1. The highest BCUT2D eigenvalue weighted by molar-refractivity contribution is 6.00. The molecule has 2 saturated heterocycles. The first kappa shape index (κ1) is 22.5. The smallest absolute Gasteiger partial charge is 0.329 e. The van der Waals surface area contributed by atoms with Gasteiger partial charge in [0.2, 0.25) is 11.8 Å². The van der Waals surface area contributed by atoms with Crippen LogP contribution in [0.4, 0.5) is 5.69 Å². The van der Waals surface area contributed by atoms with Crippen molar-refractivity contribution in [1.82, 2.24) is 29.5 Å². The lowest BCUT2D eigenvalue weighted by molar-refractivity contribution is -0.135. The molecule has 186 valence electrons. The van der Waals surface area contributed by atoms with Gasteiger partial charge in [-0.15, -0.1) is 0 Å². The lowest BCUT2D eigenvalue weighted by atomic mass is 10.1. The van der Waals surface area contributed by atoms with Crippen LogP contribution in [0.3, 0.4) is 0 Å². The summed E-state index contributed by atoms with van der Waals surface area (Å²) >= 11 is 0. The Hall–Kier alpha value is -3.92. The average molecular weight is 488 g/mol. The Balaban J connectivity index is 1.12. The second kappa shape index (κ2) is 8.94. The number of nitrogens with zero attached hydrogens (tertiary/aromatic N) is 5. The number of carbonyl (C=O) groups is 2. The highest BCUT2D eigenvalue weighted by Crippen LogP contribution is 2.25. The average Bonchev–Trinajstić information content (AvgIpc) is 3.45. The number of piperazine rings is 1. The largest absolute Gasteiger partial charge is 0.369 e. The number of aromatic amines is 1. The molecule has 10 heteroatoms. The SMILES string of the molecule is Cn1c(=O)n(C2CCC(=O)NC2=O)c2ccc(CCN3CCN(c4ccc5cn[nH]c5c4)CC3)cc21. The molecule has 36 heavy (non-hydrogen) atoms. The number of anilines is 1. The van der Waals surface area contributed by atoms with E-state index in [4.69, 9.17) is 0 Å². The van der Waals surface area contributed by atoms with Crippen LogP contribution in [0.25, 0.3) is 21.9 Å². The zero-order chi connectivity index (χ0) is 24.8. The van der Waals surface area contributed by atoms with Crippen molar-refractivity contribution in [2.75, 3.05) is 37.6 Å². The minimum Gasteiger partial charge on any atom is -0.369 e. The molecule has 0 saturated carbocycles. The predicted octanol–water partition coefficient (Wildman–Crippen LogP) is 1.56. The maximum Gasteiger partial charge on any atom is 0.329 e. The molecule has 0 spiro atoms. The van der Waals surface area contributed by atoms with E-state index in [1.165, 1.54) is 10.3 Å². The summed E-state index contributed by atoms with van der Waals surface area (Å²) in [6.45, 7) is 4.88. The molecular formula is C26H29N7O3. The van der Waals surface area contributed by atoms with Gasteiger partial charge in [-0.3, -0.25) is 34.0 Å². The molecule has 1 unspecified atom stereocenters. The molecule has 2 aromatic carbocycles. The molecule has 2 N–H and O–H groups in total. The minimum atomic E-state index is -0.657. The number of amides is 2. The molecule has 10 nitrogen and oxygen atoms in total. The summed E-state index contributed by atoms with van der Waals surface area (Å²) in [5, 5.41) is 10.6. The summed E-state index contributed by atoms with van der Waals surface area (Å²) in [5.41, 5.74) is 4.74. The first-order valence-electron chi connectivity index (χ1n) is 12.4. The zero-order valence-electron chi connectivity index (χ0n) is 20.2. The number of hydrogen-bond donors (Lipinski definition) is 2. The van der Waals surface area contributed by atoms with Crippen LogP contribution in [0.1, 0.15) is 24.4 Å². The van der Waals surface area contributed by atoms with Gasteiger partial charge in [0, 0.05) is 57.3 Å². The fourth-order valence-electron chi connectivity index (χ4n) is 5.43. The van der Waals surface area contributed by atoms with Crippen molar-refractivity contribution in [2.45, 2.75) is 25.3 Å². The topological polar surface area (TPSA) is 108 Å². The van der Waals surface area contributed by atoms with Crippen LogP contribution in [-0.4, -0.2) is 68.8 Å². The van der Waals surface area contributed by atoms with Gasteiger partial charge in [-0.25, -0.2) is 4.79 Å². The number of imide groups is 1. The summed E-state index contributed by atoms with van der Waals surface area (Å²) in [7, 11) is 1.73. The Morgan fingerprint density at radius 3 is 2.64 bits per heavy atom. The lowest BCUT2D eigenvalue weighted by Crippen LogP contribution is -2.47. The highest BCUT2D eigenvalue weighted by Gasteiger charge is 2.31. The second-order valence-electron chi connectivity index (χ2n) is 9.72. The number of carbonyl (C=O) groups excluding carboxylic acids is 2. The number of fused-ring (bicyclic) bond motifs is 2. The molecule has 4 aromatic rings. The van der Waals surface area contributed by atoms with Crippen molar-refractivity contribution in [2.24, 2.45) is 7.05 Å². The summed E-state index contributed by atoms with van der Waals surface area (Å²) in [5.74, 6) is -0.694. The van der Waals surface area contributed by atoms with Gasteiger partial charge in [0.15, 0.2) is 0 Å². The van der Waals surface area contributed by atoms with Crippen molar-refractivity contribution in [1.29, 1.82) is 0 Å². The van der Waals surface area contributed by atoms with Gasteiger partial charge in [-0.05, 0) is 48.7 Å². The van der Waals surface area contributed by atoms with E-state index >= 15 is 0 Å². The summed E-state index contributed by atoms with van der Waals surface area (Å²) in [4.78, 5) is 41.8. The number of benzene rings is 2. The normalized spacial score (nSPS) is 19.4. The number of aryl methyl sites for hydroxylation is 1. The molecule has 2 aromatic heterocycles. The summed E-state index contributed by atoms with van der Waals surface area (Å²) < 4.78 is 3.12. The first-order valence-corrected chi connectivity index (χ1v) is 12.4. The van der Waals surface area contributed by atoms with E-state index in [1.807, 2.05) is 18.3 Å². The van der Waals surface area contributed by atoms with Crippen LogP contribution in [0.15, 0.2) is 47.4 Å². The van der Waals surface area contributed by atoms with Crippen LogP contribution in [0, 0.1) is 0 Å². The van der Waals surface area contributed by atoms with Gasteiger partial charge in [0.05, 0.1) is 22.7 Å². The number of piperidine rings is 1.